The van der Waals surface area contributed by atoms with Gasteiger partial charge in [-0.15, -0.1) is 0 Å². The Morgan fingerprint density at radius 3 is 2.43 bits per heavy atom. The summed E-state index contributed by atoms with van der Waals surface area (Å²) in [6.45, 7) is 0.644. The van der Waals surface area contributed by atoms with E-state index in [1.54, 1.807) is 18.2 Å². The highest BCUT2D eigenvalue weighted by Gasteiger charge is 2.30. The third kappa shape index (κ3) is 4.71. The highest BCUT2D eigenvalue weighted by Crippen LogP contribution is 2.37. The molecule has 0 atom stereocenters. The molecule has 0 radical (unpaired) electrons. The first-order chi connectivity index (χ1) is 9.95. The van der Waals surface area contributed by atoms with Gasteiger partial charge >= 0.3 is 0 Å². The van der Waals surface area contributed by atoms with Gasteiger partial charge in [-0.3, -0.25) is 0 Å². The summed E-state index contributed by atoms with van der Waals surface area (Å²) in [5.41, 5.74) is 0.178. The Hall–Kier alpha value is -0.550. The molecule has 1 aliphatic carbocycles. The Morgan fingerprint density at radius 2 is 1.86 bits per heavy atom. The van der Waals surface area contributed by atoms with Crippen molar-refractivity contribution in [3.63, 3.8) is 0 Å². The van der Waals surface area contributed by atoms with Crippen molar-refractivity contribution in [3.05, 3.63) is 24.3 Å². The second-order valence-electron chi connectivity index (χ2n) is 6.08. The molecule has 0 amide bonds. The lowest BCUT2D eigenvalue weighted by atomic mass is 9.83. The average molecular weight is 375 g/mol. The van der Waals surface area contributed by atoms with E-state index in [9.17, 15) is 8.42 Å². The summed E-state index contributed by atoms with van der Waals surface area (Å²) in [5, 5.41) is 0.936. The van der Waals surface area contributed by atoms with Gasteiger partial charge in [0, 0.05) is 17.0 Å². The van der Waals surface area contributed by atoms with Crippen LogP contribution in [0.25, 0.3) is 0 Å². The minimum atomic E-state index is -3.18. The largest absolute Gasteiger partial charge is 0.493 e. The van der Waals surface area contributed by atoms with Gasteiger partial charge in [0.05, 0.1) is 11.5 Å². The van der Waals surface area contributed by atoms with Crippen molar-refractivity contribution in [1.29, 1.82) is 0 Å². The maximum Gasteiger partial charge on any atom is 0.175 e. The molecule has 1 aliphatic rings. The van der Waals surface area contributed by atoms with Crippen LogP contribution in [0.3, 0.4) is 0 Å². The smallest absolute Gasteiger partial charge is 0.175 e. The van der Waals surface area contributed by atoms with Crippen LogP contribution in [-0.4, -0.2) is 26.6 Å². The first kappa shape index (κ1) is 16.8. The standard InChI is InChI=1S/C16H23BrO3S/c1-21(18,19)15-8-6-7-14(11-15)20-13-16(12-17)9-4-2-3-5-10-16/h6-8,11H,2-5,9-10,12-13H2,1H3. The molecule has 0 N–H and O–H groups in total. The summed E-state index contributed by atoms with van der Waals surface area (Å²) < 4.78 is 29.1. The normalized spacial score (nSPS) is 19.0. The SMILES string of the molecule is CS(=O)(=O)c1cccc(OCC2(CBr)CCCCCC2)c1. The summed E-state index contributed by atoms with van der Waals surface area (Å²) >= 11 is 3.65. The van der Waals surface area contributed by atoms with E-state index >= 15 is 0 Å². The molecule has 21 heavy (non-hydrogen) atoms. The van der Waals surface area contributed by atoms with E-state index in [1.807, 2.05) is 6.07 Å². The van der Waals surface area contributed by atoms with Crippen LogP contribution in [0.4, 0.5) is 0 Å². The van der Waals surface area contributed by atoms with Crippen molar-refractivity contribution in [3.8, 4) is 5.75 Å². The summed E-state index contributed by atoms with van der Waals surface area (Å²) in [7, 11) is -3.18. The van der Waals surface area contributed by atoms with Crippen molar-refractivity contribution < 1.29 is 13.2 Å². The zero-order valence-electron chi connectivity index (χ0n) is 12.5. The molecule has 0 spiro atoms. The monoisotopic (exact) mass is 374 g/mol. The van der Waals surface area contributed by atoms with E-state index in [4.69, 9.17) is 4.74 Å². The second kappa shape index (κ2) is 7.14. The Balaban J connectivity index is 2.07. The molecule has 1 saturated carbocycles. The molecule has 1 aromatic rings. The van der Waals surface area contributed by atoms with E-state index < -0.39 is 9.84 Å². The average Bonchev–Trinajstić information content (AvgIpc) is 2.71. The fourth-order valence-electron chi connectivity index (χ4n) is 2.83. The number of hydrogen-bond donors (Lipinski definition) is 0. The number of halogens is 1. The van der Waals surface area contributed by atoms with Crippen LogP contribution in [0.2, 0.25) is 0 Å². The van der Waals surface area contributed by atoms with E-state index in [1.165, 1.54) is 44.8 Å². The van der Waals surface area contributed by atoms with Crippen LogP contribution < -0.4 is 4.74 Å². The van der Waals surface area contributed by atoms with E-state index in [0.717, 1.165) is 5.33 Å². The summed E-state index contributed by atoms with van der Waals surface area (Å²) in [4.78, 5) is 0.314. The number of rotatable bonds is 5. The van der Waals surface area contributed by atoms with Crippen LogP contribution in [-0.2, 0) is 9.84 Å². The number of hydrogen-bond acceptors (Lipinski definition) is 3. The first-order valence-corrected chi connectivity index (χ1v) is 10.5. The molecule has 0 aliphatic heterocycles. The lowest BCUT2D eigenvalue weighted by molar-refractivity contribution is 0.149. The van der Waals surface area contributed by atoms with Crippen LogP contribution in [0, 0.1) is 5.41 Å². The fourth-order valence-corrected chi connectivity index (χ4v) is 4.20. The van der Waals surface area contributed by atoms with E-state index in [2.05, 4.69) is 15.9 Å². The molecule has 0 bridgehead atoms. The van der Waals surface area contributed by atoms with E-state index in [0.29, 0.717) is 17.3 Å². The molecule has 118 valence electrons. The lowest BCUT2D eigenvalue weighted by Gasteiger charge is -2.30. The number of benzene rings is 1. The van der Waals surface area contributed by atoms with Gasteiger partial charge < -0.3 is 4.74 Å². The Morgan fingerprint density at radius 1 is 1.19 bits per heavy atom. The number of sulfone groups is 1. The minimum absolute atomic E-state index is 0.178. The van der Waals surface area contributed by atoms with Crippen LogP contribution in [0.1, 0.15) is 38.5 Å². The predicted octanol–water partition coefficient (Wildman–Crippen LogP) is 4.20. The molecular weight excluding hydrogens is 352 g/mol. The molecular formula is C16H23BrO3S. The molecule has 0 aromatic heterocycles. The zero-order valence-corrected chi connectivity index (χ0v) is 14.9. The lowest BCUT2D eigenvalue weighted by Crippen LogP contribution is -2.30. The van der Waals surface area contributed by atoms with Gasteiger partial charge in [-0.05, 0) is 31.0 Å². The quantitative estimate of drug-likeness (QED) is 0.572. The second-order valence-corrected chi connectivity index (χ2v) is 8.66. The molecule has 0 unspecified atom stereocenters. The number of ether oxygens (including phenoxy) is 1. The van der Waals surface area contributed by atoms with Crippen LogP contribution in [0.15, 0.2) is 29.2 Å². The molecule has 5 heteroatoms. The maximum absolute atomic E-state index is 11.6. The van der Waals surface area contributed by atoms with Crippen molar-refractivity contribution in [2.75, 3.05) is 18.2 Å². The Bertz CT molecular complexity index is 561. The summed E-state index contributed by atoms with van der Waals surface area (Å²) in [6.07, 6.45) is 8.67. The zero-order chi connectivity index (χ0) is 15.3. The van der Waals surface area contributed by atoms with Crippen LogP contribution >= 0.6 is 15.9 Å². The van der Waals surface area contributed by atoms with Gasteiger partial charge in [0.25, 0.3) is 0 Å². The Kier molecular flexibility index (Phi) is 5.72. The predicted molar refractivity (Wildman–Crippen MR) is 89.0 cm³/mol. The molecule has 1 aromatic carbocycles. The summed E-state index contributed by atoms with van der Waals surface area (Å²) in [6, 6.07) is 6.79. The third-order valence-corrected chi connectivity index (χ3v) is 6.53. The van der Waals surface area contributed by atoms with Gasteiger partial charge in [-0.2, -0.15) is 0 Å². The molecule has 0 heterocycles. The van der Waals surface area contributed by atoms with Gasteiger partial charge in [-0.1, -0.05) is 47.7 Å². The molecule has 3 nitrogen and oxygen atoms in total. The third-order valence-electron chi connectivity index (χ3n) is 4.23. The molecule has 2 rings (SSSR count). The van der Waals surface area contributed by atoms with E-state index in [-0.39, 0.29) is 5.41 Å². The summed E-state index contributed by atoms with van der Waals surface area (Å²) in [5.74, 6) is 0.641. The van der Waals surface area contributed by atoms with Crippen molar-refractivity contribution >= 4 is 25.8 Å². The highest BCUT2D eigenvalue weighted by atomic mass is 79.9. The van der Waals surface area contributed by atoms with Gasteiger partial charge in [0.1, 0.15) is 5.75 Å². The van der Waals surface area contributed by atoms with Gasteiger partial charge in [-0.25, -0.2) is 8.42 Å². The van der Waals surface area contributed by atoms with Crippen molar-refractivity contribution in [1.82, 2.24) is 0 Å². The number of alkyl halides is 1. The molecule has 0 saturated heterocycles. The fraction of sp³-hybridized carbons (Fsp3) is 0.625. The Labute approximate surface area is 136 Å². The van der Waals surface area contributed by atoms with Crippen molar-refractivity contribution in [2.45, 2.75) is 43.4 Å². The van der Waals surface area contributed by atoms with Crippen LogP contribution in [0.5, 0.6) is 5.75 Å². The maximum atomic E-state index is 11.6. The van der Waals surface area contributed by atoms with Gasteiger partial charge in [0.2, 0.25) is 0 Å². The topological polar surface area (TPSA) is 43.4 Å². The molecule has 1 fully saturated rings. The minimum Gasteiger partial charge on any atom is -0.493 e. The highest BCUT2D eigenvalue weighted by molar-refractivity contribution is 9.09. The van der Waals surface area contributed by atoms with Crippen molar-refractivity contribution in [2.24, 2.45) is 5.41 Å². The van der Waals surface area contributed by atoms with Gasteiger partial charge in [0.15, 0.2) is 9.84 Å². The first-order valence-electron chi connectivity index (χ1n) is 7.44.